The number of nitrogens with two attached hydrogens (primary N) is 1. The van der Waals surface area contributed by atoms with Gasteiger partial charge in [0.1, 0.15) is 5.75 Å². The molecule has 0 aliphatic heterocycles. The summed E-state index contributed by atoms with van der Waals surface area (Å²) >= 11 is 0. The second-order valence-corrected chi connectivity index (χ2v) is 4.50. The minimum Gasteiger partial charge on any atom is -0.493 e. The summed E-state index contributed by atoms with van der Waals surface area (Å²) in [5, 5.41) is 14.3. The highest BCUT2D eigenvalue weighted by atomic mass is 16.6. The normalized spacial score (nSPS) is 10.4. The van der Waals surface area contributed by atoms with Crippen molar-refractivity contribution in [3.05, 3.63) is 58.1 Å². The molecule has 2 aromatic rings. The number of methoxy groups -OCH3 is 1. The van der Waals surface area contributed by atoms with Gasteiger partial charge in [0, 0.05) is 12.1 Å². The molecule has 0 aliphatic carbocycles. The van der Waals surface area contributed by atoms with E-state index in [1.165, 1.54) is 37.6 Å². The minimum atomic E-state index is -0.767. The van der Waals surface area contributed by atoms with Crippen LogP contribution in [0.25, 0.3) is 0 Å². The molecule has 0 heterocycles. The van der Waals surface area contributed by atoms with Gasteiger partial charge < -0.3 is 15.2 Å². The van der Waals surface area contributed by atoms with Gasteiger partial charge in [-0.25, -0.2) is 10.2 Å². The van der Waals surface area contributed by atoms with Gasteiger partial charge in [-0.05, 0) is 35.9 Å². The molecular weight excluding hydrogens is 316 g/mol. The van der Waals surface area contributed by atoms with Crippen LogP contribution in [0.2, 0.25) is 0 Å². The van der Waals surface area contributed by atoms with Gasteiger partial charge in [0.15, 0.2) is 11.5 Å². The molecule has 0 atom stereocenters. The fourth-order valence-corrected chi connectivity index (χ4v) is 1.78. The third-order valence-corrected chi connectivity index (χ3v) is 2.85. The van der Waals surface area contributed by atoms with Crippen molar-refractivity contribution in [3.63, 3.8) is 0 Å². The van der Waals surface area contributed by atoms with Crippen LogP contribution in [0.4, 0.5) is 10.5 Å². The molecule has 2 amide bonds. The fourth-order valence-electron chi connectivity index (χ4n) is 1.78. The van der Waals surface area contributed by atoms with Crippen LogP contribution in [0, 0.1) is 10.1 Å². The van der Waals surface area contributed by atoms with E-state index in [1.807, 2.05) is 0 Å². The topological polar surface area (TPSA) is 129 Å². The highest BCUT2D eigenvalue weighted by molar-refractivity contribution is 5.82. The molecule has 2 rings (SSSR count). The highest BCUT2D eigenvalue weighted by Gasteiger charge is 2.09. The van der Waals surface area contributed by atoms with Crippen molar-refractivity contribution in [1.82, 2.24) is 5.43 Å². The molecule has 124 valence electrons. The largest absolute Gasteiger partial charge is 0.493 e. The lowest BCUT2D eigenvalue weighted by Crippen LogP contribution is -2.24. The average Bonchev–Trinajstić information content (AvgIpc) is 2.56. The molecular formula is C15H14N4O5. The Bertz CT molecular complexity index is 774. The lowest BCUT2D eigenvalue weighted by Gasteiger charge is -2.10. The van der Waals surface area contributed by atoms with Gasteiger partial charge in [-0.1, -0.05) is 0 Å². The number of hydrogen-bond donors (Lipinski definition) is 2. The molecule has 0 saturated carbocycles. The van der Waals surface area contributed by atoms with Crippen LogP contribution in [-0.4, -0.2) is 24.3 Å². The molecule has 0 aliphatic rings. The summed E-state index contributed by atoms with van der Waals surface area (Å²) < 4.78 is 10.9. The maximum Gasteiger partial charge on any atom is 0.332 e. The Labute approximate surface area is 136 Å². The number of rotatable bonds is 6. The Morgan fingerprint density at radius 2 is 1.96 bits per heavy atom. The van der Waals surface area contributed by atoms with Gasteiger partial charge >= 0.3 is 6.03 Å². The monoisotopic (exact) mass is 330 g/mol. The van der Waals surface area contributed by atoms with Crippen molar-refractivity contribution in [3.8, 4) is 17.2 Å². The molecule has 0 fully saturated rings. The zero-order chi connectivity index (χ0) is 17.5. The van der Waals surface area contributed by atoms with Gasteiger partial charge in [-0.15, -0.1) is 0 Å². The van der Waals surface area contributed by atoms with Gasteiger partial charge in [-0.3, -0.25) is 10.1 Å². The van der Waals surface area contributed by atoms with Crippen LogP contribution in [0.3, 0.4) is 0 Å². The number of carbonyl (C=O) groups excluding carboxylic acids is 1. The predicted molar refractivity (Wildman–Crippen MR) is 86.5 cm³/mol. The summed E-state index contributed by atoms with van der Waals surface area (Å²) in [6, 6.07) is 9.88. The van der Waals surface area contributed by atoms with Crippen molar-refractivity contribution in [1.29, 1.82) is 0 Å². The van der Waals surface area contributed by atoms with Crippen LogP contribution in [0.5, 0.6) is 17.2 Å². The summed E-state index contributed by atoms with van der Waals surface area (Å²) in [4.78, 5) is 20.7. The van der Waals surface area contributed by atoms with Crippen molar-refractivity contribution >= 4 is 17.9 Å². The van der Waals surface area contributed by atoms with Crippen LogP contribution in [-0.2, 0) is 0 Å². The molecule has 2 aromatic carbocycles. The first kappa shape index (κ1) is 16.7. The predicted octanol–water partition coefficient (Wildman–Crippen LogP) is 2.40. The molecule has 9 heteroatoms. The molecule has 0 aromatic heterocycles. The summed E-state index contributed by atoms with van der Waals surface area (Å²) in [7, 11) is 1.47. The van der Waals surface area contributed by atoms with E-state index in [9.17, 15) is 14.9 Å². The Balaban J connectivity index is 2.16. The van der Waals surface area contributed by atoms with E-state index in [1.54, 1.807) is 18.2 Å². The lowest BCUT2D eigenvalue weighted by molar-refractivity contribution is -0.384. The molecule has 3 N–H and O–H groups in total. The van der Waals surface area contributed by atoms with Crippen LogP contribution in [0.1, 0.15) is 5.56 Å². The maximum atomic E-state index is 10.6. The van der Waals surface area contributed by atoms with Crippen molar-refractivity contribution in [2.24, 2.45) is 10.8 Å². The number of primary amides is 1. The Morgan fingerprint density at radius 1 is 1.25 bits per heavy atom. The van der Waals surface area contributed by atoms with Gasteiger partial charge in [0.05, 0.1) is 18.2 Å². The maximum absolute atomic E-state index is 10.6. The number of hydrogen-bond acceptors (Lipinski definition) is 6. The van der Waals surface area contributed by atoms with Crippen LogP contribution >= 0.6 is 0 Å². The zero-order valence-electron chi connectivity index (χ0n) is 12.6. The van der Waals surface area contributed by atoms with E-state index in [4.69, 9.17) is 15.2 Å². The number of non-ortho nitro benzene ring substituents is 1. The summed E-state index contributed by atoms with van der Waals surface area (Å²) in [5.74, 6) is 1.28. The quantitative estimate of drug-likeness (QED) is 0.477. The van der Waals surface area contributed by atoms with E-state index >= 15 is 0 Å². The van der Waals surface area contributed by atoms with Gasteiger partial charge in [0.2, 0.25) is 0 Å². The van der Waals surface area contributed by atoms with Gasteiger partial charge in [0.25, 0.3) is 5.69 Å². The van der Waals surface area contributed by atoms with Crippen molar-refractivity contribution < 1.29 is 19.2 Å². The summed E-state index contributed by atoms with van der Waals surface area (Å²) in [6.45, 7) is 0. The fraction of sp³-hybridized carbons (Fsp3) is 0.0667. The number of amides is 2. The number of carbonyl (C=O) groups is 1. The zero-order valence-corrected chi connectivity index (χ0v) is 12.6. The molecule has 9 nitrogen and oxygen atoms in total. The van der Waals surface area contributed by atoms with Crippen molar-refractivity contribution in [2.75, 3.05) is 7.11 Å². The summed E-state index contributed by atoms with van der Waals surface area (Å²) in [5.41, 5.74) is 7.61. The number of nitrogens with zero attached hydrogens (tertiary/aromatic N) is 2. The highest BCUT2D eigenvalue weighted by Crippen LogP contribution is 2.32. The Hall–Kier alpha value is -3.62. The van der Waals surface area contributed by atoms with E-state index < -0.39 is 11.0 Å². The molecule has 0 saturated heterocycles. The van der Waals surface area contributed by atoms with E-state index in [0.29, 0.717) is 22.8 Å². The number of nitrogens with one attached hydrogen (secondary N) is 1. The molecule has 0 bridgehead atoms. The van der Waals surface area contributed by atoms with E-state index in [-0.39, 0.29) is 5.69 Å². The molecule has 24 heavy (non-hydrogen) atoms. The SMILES string of the molecule is COc1cc(C=NNC(N)=O)ccc1Oc1ccc([N+](=O)[O-])cc1. The number of hydrazone groups is 1. The number of ether oxygens (including phenoxy) is 2. The van der Waals surface area contributed by atoms with Crippen molar-refractivity contribution in [2.45, 2.75) is 0 Å². The first-order valence-corrected chi connectivity index (χ1v) is 6.68. The van der Waals surface area contributed by atoms with E-state index in [0.717, 1.165) is 0 Å². The Morgan fingerprint density at radius 3 is 2.54 bits per heavy atom. The van der Waals surface area contributed by atoms with Gasteiger partial charge in [-0.2, -0.15) is 5.10 Å². The number of benzene rings is 2. The van der Waals surface area contributed by atoms with E-state index in [2.05, 4.69) is 10.5 Å². The smallest absolute Gasteiger partial charge is 0.332 e. The second-order valence-electron chi connectivity index (χ2n) is 4.50. The average molecular weight is 330 g/mol. The molecule has 0 spiro atoms. The Kier molecular flexibility index (Phi) is 5.29. The van der Waals surface area contributed by atoms with Crippen LogP contribution in [0.15, 0.2) is 47.6 Å². The molecule has 0 unspecified atom stereocenters. The summed E-state index contributed by atoms with van der Waals surface area (Å²) in [6.07, 6.45) is 1.39. The lowest BCUT2D eigenvalue weighted by atomic mass is 10.2. The minimum absolute atomic E-state index is 0.0252. The second kappa shape index (κ2) is 7.58. The first-order chi connectivity index (χ1) is 11.5. The molecule has 0 radical (unpaired) electrons. The third kappa shape index (κ3) is 4.44. The number of nitro benzene ring substituents is 1. The number of urea groups is 1. The van der Waals surface area contributed by atoms with Crippen LogP contribution < -0.4 is 20.6 Å². The first-order valence-electron chi connectivity index (χ1n) is 6.68. The third-order valence-electron chi connectivity index (χ3n) is 2.85. The standard InChI is InChI=1S/C15H14N4O5/c1-23-14-8-10(9-17-18-15(16)20)2-7-13(14)24-12-5-3-11(4-6-12)19(21)22/h2-9H,1H3,(H3,16,18,20). The number of nitro groups is 1.